The van der Waals surface area contributed by atoms with Crippen LogP contribution in [0.4, 0.5) is 0 Å². The molecular formula is C18H23ClN2O2S. The molecule has 6 heteroatoms. The van der Waals surface area contributed by atoms with Crippen molar-refractivity contribution < 1.29 is 8.42 Å². The molecule has 1 aliphatic carbocycles. The van der Waals surface area contributed by atoms with E-state index >= 15 is 0 Å². The van der Waals surface area contributed by atoms with Gasteiger partial charge in [0, 0.05) is 29.6 Å². The maximum absolute atomic E-state index is 9.40. The second-order valence-electron chi connectivity index (χ2n) is 6.02. The number of halogens is 1. The van der Waals surface area contributed by atoms with E-state index in [1.54, 1.807) is 11.1 Å². The van der Waals surface area contributed by atoms with E-state index in [9.17, 15) is 8.42 Å². The molecule has 130 valence electrons. The first-order chi connectivity index (χ1) is 11.3. The van der Waals surface area contributed by atoms with Crippen LogP contribution in [0, 0.1) is 0 Å². The van der Waals surface area contributed by atoms with E-state index in [1.165, 1.54) is 36.8 Å². The van der Waals surface area contributed by atoms with E-state index in [1.807, 2.05) is 18.7 Å². The van der Waals surface area contributed by atoms with Gasteiger partial charge in [-0.1, -0.05) is 24.3 Å². The third kappa shape index (κ3) is 6.49. The normalized spacial score (nSPS) is 14.5. The number of allylic oxidation sites excluding steroid dienone is 2. The highest BCUT2D eigenvalue weighted by Gasteiger charge is 2.09. The van der Waals surface area contributed by atoms with Crippen LogP contribution in [0.1, 0.15) is 36.5 Å². The van der Waals surface area contributed by atoms with Gasteiger partial charge in [-0.2, -0.15) is 0 Å². The molecule has 0 N–H and O–H groups in total. The fourth-order valence-electron chi connectivity index (χ4n) is 2.73. The lowest BCUT2D eigenvalue weighted by Gasteiger charge is -2.16. The molecular weight excluding hydrogens is 344 g/mol. The fourth-order valence-corrected chi connectivity index (χ4v) is 2.73. The lowest BCUT2D eigenvalue weighted by Crippen LogP contribution is -2.02. The van der Waals surface area contributed by atoms with E-state index < -0.39 is 9.05 Å². The second kappa shape index (κ2) is 8.49. The Hall–Kier alpha value is -1.59. The molecule has 24 heavy (non-hydrogen) atoms. The molecule has 1 aromatic heterocycles. The van der Waals surface area contributed by atoms with Crippen molar-refractivity contribution in [2.75, 3.05) is 6.26 Å². The maximum Gasteiger partial charge on any atom is 0.229 e. The largest absolute Gasteiger partial charge is 0.334 e. The average Bonchev–Trinajstić information content (AvgIpc) is 3.04. The molecule has 2 aromatic rings. The molecule has 4 nitrogen and oxygen atoms in total. The number of benzene rings is 1. The highest BCUT2D eigenvalue weighted by Crippen LogP contribution is 2.25. The molecule has 0 amide bonds. The zero-order chi connectivity index (χ0) is 17.6. The number of hydrogen-bond acceptors (Lipinski definition) is 3. The van der Waals surface area contributed by atoms with Crippen molar-refractivity contribution in [1.82, 2.24) is 9.55 Å². The van der Waals surface area contributed by atoms with Crippen molar-refractivity contribution in [3.05, 3.63) is 59.7 Å². The van der Waals surface area contributed by atoms with Crippen LogP contribution in [0.5, 0.6) is 0 Å². The third-order valence-corrected chi connectivity index (χ3v) is 3.97. The van der Waals surface area contributed by atoms with Crippen LogP contribution in [0.3, 0.4) is 0 Å². The fraction of sp³-hybridized carbons (Fsp3) is 0.389. The zero-order valence-electron chi connectivity index (χ0n) is 14.1. The summed E-state index contributed by atoms with van der Waals surface area (Å²) in [4.78, 5) is 4.06. The summed E-state index contributed by atoms with van der Waals surface area (Å²) in [5.74, 6) is 0. The Morgan fingerprint density at radius 1 is 1.29 bits per heavy atom. The van der Waals surface area contributed by atoms with Gasteiger partial charge < -0.3 is 4.57 Å². The van der Waals surface area contributed by atoms with Crippen molar-refractivity contribution in [3.8, 4) is 0 Å². The molecule has 0 aliphatic heterocycles. The van der Waals surface area contributed by atoms with Crippen molar-refractivity contribution in [1.29, 1.82) is 0 Å². The molecule has 0 spiro atoms. The van der Waals surface area contributed by atoms with Crippen LogP contribution in [0.15, 0.2) is 43.0 Å². The van der Waals surface area contributed by atoms with E-state index in [2.05, 4.69) is 51.4 Å². The summed E-state index contributed by atoms with van der Waals surface area (Å²) < 4.78 is 20.9. The molecule has 1 aliphatic rings. The van der Waals surface area contributed by atoms with Crippen LogP contribution in [-0.2, 0) is 28.4 Å². The Balaban J connectivity index is 0.000000368. The van der Waals surface area contributed by atoms with Gasteiger partial charge in [0.1, 0.15) is 0 Å². The average molecular weight is 367 g/mol. The quantitative estimate of drug-likeness (QED) is 0.770. The Morgan fingerprint density at radius 2 is 1.96 bits per heavy atom. The SMILES string of the molecule is CC(=CCn1ccnc1)c1ccc2c(c1)CCCC2.CS(=O)(=O)Cl. The van der Waals surface area contributed by atoms with Gasteiger partial charge in [-0.3, -0.25) is 0 Å². The molecule has 3 rings (SSSR count). The number of aryl methyl sites for hydroxylation is 2. The van der Waals surface area contributed by atoms with E-state index in [0.29, 0.717) is 0 Å². The molecule has 0 bridgehead atoms. The first-order valence-electron chi connectivity index (χ1n) is 7.97. The molecule has 1 heterocycles. The summed E-state index contributed by atoms with van der Waals surface area (Å²) >= 11 is 0. The molecule has 1 aromatic carbocycles. The highest BCUT2D eigenvalue weighted by atomic mass is 35.7. The first kappa shape index (κ1) is 18.7. The summed E-state index contributed by atoms with van der Waals surface area (Å²) in [6.07, 6.45) is 14.1. The van der Waals surface area contributed by atoms with Gasteiger partial charge >= 0.3 is 0 Å². The van der Waals surface area contributed by atoms with Crippen LogP contribution >= 0.6 is 10.7 Å². The number of nitrogens with zero attached hydrogens (tertiary/aromatic N) is 2. The highest BCUT2D eigenvalue weighted by molar-refractivity contribution is 8.13. The van der Waals surface area contributed by atoms with E-state index in [-0.39, 0.29) is 0 Å². The minimum atomic E-state index is -3.19. The van der Waals surface area contributed by atoms with Gasteiger partial charge in [0.25, 0.3) is 0 Å². The lowest BCUT2D eigenvalue weighted by atomic mass is 9.89. The maximum atomic E-state index is 9.40. The van der Waals surface area contributed by atoms with E-state index in [4.69, 9.17) is 0 Å². The number of aromatic nitrogens is 2. The molecule has 0 fully saturated rings. The number of rotatable bonds is 3. The molecule has 0 radical (unpaired) electrons. The Labute approximate surface area is 148 Å². The Kier molecular flexibility index (Phi) is 6.63. The van der Waals surface area contributed by atoms with Crippen molar-refractivity contribution in [2.45, 2.75) is 39.2 Å². The van der Waals surface area contributed by atoms with Gasteiger partial charge in [-0.15, -0.1) is 0 Å². The molecule has 0 unspecified atom stereocenters. The predicted octanol–water partition coefficient (Wildman–Crippen LogP) is 4.05. The Morgan fingerprint density at radius 3 is 2.58 bits per heavy atom. The Bertz CT molecular complexity index is 788. The van der Waals surface area contributed by atoms with Crippen LogP contribution in [-0.4, -0.2) is 24.2 Å². The lowest BCUT2D eigenvalue weighted by molar-refractivity contribution is 0.615. The number of imidazole rings is 1. The summed E-state index contributed by atoms with van der Waals surface area (Å²) in [6.45, 7) is 3.09. The van der Waals surface area contributed by atoms with Crippen LogP contribution in [0.25, 0.3) is 5.57 Å². The van der Waals surface area contributed by atoms with Crippen LogP contribution < -0.4 is 0 Å². The minimum absolute atomic E-state index is 0.892. The summed E-state index contributed by atoms with van der Waals surface area (Å²) in [5, 5.41) is 0. The van der Waals surface area contributed by atoms with Gasteiger partial charge in [0.2, 0.25) is 9.05 Å². The monoisotopic (exact) mass is 366 g/mol. The number of fused-ring (bicyclic) bond motifs is 1. The predicted molar refractivity (Wildman–Crippen MR) is 99.7 cm³/mol. The van der Waals surface area contributed by atoms with E-state index in [0.717, 1.165) is 12.8 Å². The molecule has 0 saturated heterocycles. The summed E-state index contributed by atoms with van der Waals surface area (Å²) in [6, 6.07) is 6.97. The molecule has 0 saturated carbocycles. The molecule has 0 atom stereocenters. The zero-order valence-corrected chi connectivity index (χ0v) is 15.6. The minimum Gasteiger partial charge on any atom is -0.334 e. The summed E-state index contributed by atoms with van der Waals surface area (Å²) in [7, 11) is 1.31. The van der Waals surface area contributed by atoms with Crippen molar-refractivity contribution in [3.63, 3.8) is 0 Å². The van der Waals surface area contributed by atoms with Crippen LogP contribution in [0.2, 0.25) is 0 Å². The van der Waals surface area contributed by atoms with Gasteiger partial charge in [0.05, 0.1) is 12.6 Å². The third-order valence-electron chi connectivity index (χ3n) is 3.97. The summed E-state index contributed by atoms with van der Waals surface area (Å²) in [5.41, 5.74) is 5.82. The van der Waals surface area contributed by atoms with Crippen molar-refractivity contribution >= 4 is 25.3 Å². The second-order valence-corrected chi connectivity index (χ2v) is 9.06. The number of hydrogen-bond donors (Lipinski definition) is 0. The topological polar surface area (TPSA) is 52.0 Å². The van der Waals surface area contributed by atoms with Gasteiger partial charge in [0.15, 0.2) is 0 Å². The van der Waals surface area contributed by atoms with Gasteiger partial charge in [-0.05, 0) is 54.9 Å². The van der Waals surface area contributed by atoms with Gasteiger partial charge in [-0.25, -0.2) is 13.4 Å². The standard InChI is InChI=1S/C17H20N2.CH3ClO2S/c1-14(8-10-19-11-9-18-13-19)16-7-6-15-4-2-3-5-17(15)12-16;1-5(2,3)4/h6-9,11-13H,2-5,10H2,1H3;1H3. The first-order valence-corrected chi connectivity index (χ1v) is 10.7. The van der Waals surface area contributed by atoms with Crippen molar-refractivity contribution in [2.24, 2.45) is 0 Å². The smallest absolute Gasteiger partial charge is 0.229 e.